The van der Waals surface area contributed by atoms with Crippen molar-refractivity contribution in [1.82, 2.24) is 0 Å². The zero-order valence-corrected chi connectivity index (χ0v) is 8.29. The van der Waals surface area contributed by atoms with Crippen LogP contribution in [-0.2, 0) is 14.3 Å². The first-order valence-electron chi connectivity index (χ1n) is 4.02. The Balaban J connectivity index is 0. The van der Waals surface area contributed by atoms with Gasteiger partial charge >= 0.3 is 7.40 Å². The van der Waals surface area contributed by atoms with Gasteiger partial charge in [0.05, 0.1) is 6.61 Å². The maximum Gasteiger partial charge on any atom is 1.00 e. The normalized spacial score (nSPS) is 10.8. The van der Waals surface area contributed by atoms with E-state index >= 15 is 0 Å². The van der Waals surface area contributed by atoms with Crippen molar-refractivity contribution in [1.29, 1.82) is 0 Å². The molecular weight excluding hydrogens is 172 g/mol. The minimum absolute atomic E-state index is 0. The SMILES string of the molecule is C=C(OCCO)C(=O)OC(C)(C)C.[H+]. The first-order valence-corrected chi connectivity index (χ1v) is 4.02. The molecule has 0 radical (unpaired) electrons. The zero-order chi connectivity index (χ0) is 10.5. The van der Waals surface area contributed by atoms with Crippen LogP contribution in [0, 0.1) is 0 Å². The van der Waals surface area contributed by atoms with Gasteiger partial charge in [0.2, 0.25) is 0 Å². The summed E-state index contributed by atoms with van der Waals surface area (Å²) in [5.41, 5.74) is -0.553. The molecule has 4 heteroatoms. The highest BCUT2D eigenvalue weighted by atomic mass is 16.6. The lowest BCUT2D eigenvalue weighted by Gasteiger charge is -2.19. The van der Waals surface area contributed by atoms with E-state index in [1.807, 2.05) is 0 Å². The second-order valence-electron chi connectivity index (χ2n) is 3.50. The van der Waals surface area contributed by atoms with Crippen LogP contribution >= 0.6 is 0 Å². The summed E-state index contributed by atoms with van der Waals surface area (Å²) < 4.78 is 9.73. The van der Waals surface area contributed by atoms with Crippen molar-refractivity contribution in [2.75, 3.05) is 13.2 Å². The molecular formula is C9H17O4+. The molecule has 0 unspecified atom stereocenters. The molecule has 0 saturated heterocycles. The van der Waals surface area contributed by atoms with Gasteiger partial charge in [-0.1, -0.05) is 0 Å². The van der Waals surface area contributed by atoms with E-state index in [9.17, 15) is 4.79 Å². The van der Waals surface area contributed by atoms with E-state index in [2.05, 4.69) is 6.58 Å². The Morgan fingerprint density at radius 1 is 1.54 bits per heavy atom. The van der Waals surface area contributed by atoms with Crippen molar-refractivity contribution >= 4 is 5.97 Å². The fourth-order valence-corrected chi connectivity index (χ4v) is 0.563. The highest BCUT2D eigenvalue weighted by Gasteiger charge is 2.19. The minimum atomic E-state index is -0.596. The third-order valence-electron chi connectivity index (χ3n) is 0.994. The lowest BCUT2D eigenvalue weighted by Crippen LogP contribution is -2.25. The fourth-order valence-electron chi connectivity index (χ4n) is 0.563. The first kappa shape index (κ1) is 12.0. The molecule has 0 fully saturated rings. The highest BCUT2D eigenvalue weighted by molar-refractivity contribution is 5.85. The van der Waals surface area contributed by atoms with Gasteiger partial charge in [-0.3, -0.25) is 0 Å². The molecule has 0 aliphatic rings. The largest absolute Gasteiger partial charge is 1.00 e. The van der Waals surface area contributed by atoms with Crippen LogP contribution in [0.2, 0.25) is 0 Å². The molecule has 0 heterocycles. The molecule has 0 saturated carbocycles. The Bertz CT molecular complexity index is 195. The van der Waals surface area contributed by atoms with Crippen LogP contribution in [-0.4, -0.2) is 29.9 Å². The average Bonchev–Trinajstić information content (AvgIpc) is 1.96. The van der Waals surface area contributed by atoms with Gasteiger partial charge in [-0.15, -0.1) is 0 Å². The predicted octanol–water partition coefficient (Wildman–Crippen LogP) is 0.963. The molecule has 0 aromatic heterocycles. The van der Waals surface area contributed by atoms with Gasteiger partial charge in [0, 0.05) is 0 Å². The molecule has 0 spiro atoms. The first-order chi connectivity index (χ1) is 5.87. The Morgan fingerprint density at radius 2 is 2.08 bits per heavy atom. The second-order valence-corrected chi connectivity index (χ2v) is 3.50. The van der Waals surface area contributed by atoms with E-state index in [4.69, 9.17) is 14.6 Å². The Labute approximate surface area is 79.6 Å². The number of carbonyl (C=O) groups excluding carboxylic acids is 1. The lowest BCUT2D eigenvalue weighted by atomic mass is 10.2. The van der Waals surface area contributed by atoms with Crippen molar-refractivity contribution in [3.63, 3.8) is 0 Å². The van der Waals surface area contributed by atoms with Crippen molar-refractivity contribution in [3.05, 3.63) is 12.3 Å². The topological polar surface area (TPSA) is 55.8 Å². The van der Waals surface area contributed by atoms with Crippen LogP contribution in [0.5, 0.6) is 0 Å². The average molecular weight is 189 g/mol. The third kappa shape index (κ3) is 6.16. The van der Waals surface area contributed by atoms with Gasteiger partial charge in [0.1, 0.15) is 12.2 Å². The zero-order valence-electron chi connectivity index (χ0n) is 9.29. The van der Waals surface area contributed by atoms with Gasteiger partial charge in [0.15, 0.2) is 5.76 Å². The lowest BCUT2D eigenvalue weighted by molar-refractivity contribution is -0.154. The number of hydrogen-bond donors (Lipinski definition) is 1. The van der Waals surface area contributed by atoms with E-state index in [1.165, 1.54) is 0 Å². The van der Waals surface area contributed by atoms with Gasteiger partial charge in [0.25, 0.3) is 0 Å². The number of aliphatic hydroxyl groups is 1. The van der Waals surface area contributed by atoms with Crippen LogP contribution < -0.4 is 0 Å². The van der Waals surface area contributed by atoms with Gasteiger partial charge in [-0.05, 0) is 27.4 Å². The second kappa shape index (κ2) is 4.87. The summed E-state index contributed by atoms with van der Waals surface area (Å²) in [5, 5.41) is 8.41. The molecule has 0 bridgehead atoms. The minimum Gasteiger partial charge on any atom is -0.485 e. The van der Waals surface area contributed by atoms with Gasteiger partial charge in [-0.2, -0.15) is 0 Å². The van der Waals surface area contributed by atoms with Crippen molar-refractivity contribution in [2.45, 2.75) is 26.4 Å². The smallest absolute Gasteiger partial charge is 0.485 e. The number of esters is 1. The molecule has 76 valence electrons. The van der Waals surface area contributed by atoms with Crippen molar-refractivity contribution in [2.24, 2.45) is 0 Å². The summed E-state index contributed by atoms with van der Waals surface area (Å²) in [7, 11) is 0. The van der Waals surface area contributed by atoms with Crippen molar-refractivity contribution in [3.8, 4) is 0 Å². The van der Waals surface area contributed by atoms with E-state index in [-0.39, 0.29) is 20.4 Å². The quantitative estimate of drug-likeness (QED) is 0.406. The monoisotopic (exact) mass is 189 g/mol. The van der Waals surface area contributed by atoms with E-state index in [0.717, 1.165) is 0 Å². The summed E-state index contributed by atoms with van der Waals surface area (Å²) in [4.78, 5) is 11.1. The van der Waals surface area contributed by atoms with Crippen molar-refractivity contribution < 1.29 is 20.8 Å². The van der Waals surface area contributed by atoms with E-state index < -0.39 is 11.6 Å². The molecule has 0 aromatic rings. The maximum atomic E-state index is 11.1. The Hall–Kier alpha value is -1.03. The van der Waals surface area contributed by atoms with E-state index in [0.29, 0.717) is 0 Å². The van der Waals surface area contributed by atoms with Crippen LogP contribution in [0.1, 0.15) is 22.2 Å². The highest BCUT2D eigenvalue weighted by Crippen LogP contribution is 2.10. The van der Waals surface area contributed by atoms with Gasteiger partial charge < -0.3 is 14.6 Å². The Morgan fingerprint density at radius 3 is 2.46 bits per heavy atom. The molecule has 1 N–H and O–H groups in total. The molecule has 0 amide bonds. The van der Waals surface area contributed by atoms with Crippen LogP contribution in [0.4, 0.5) is 0 Å². The third-order valence-corrected chi connectivity index (χ3v) is 0.994. The summed E-state index contributed by atoms with van der Waals surface area (Å²) in [6, 6.07) is 0. The number of ether oxygens (including phenoxy) is 2. The molecule has 0 aliphatic carbocycles. The summed E-state index contributed by atoms with van der Waals surface area (Å²) >= 11 is 0. The van der Waals surface area contributed by atoms with Crippen LogP contribution in [0.25, 0.3) is 0 Å². The number of rotatable bonds is 4. The molecule has 0 aromatic carbocycles. The fraction of sp³-hybridized carbons (Fsp3) is 0.667. The van der Waals surface area contributed by atoms with Crippen LogP contribution in [0.3, 0.4) is 0 Å². The Kier molecular flexibility index (Phi) is 4.48. The summed E-state index contributed by atoms with van der Waals surface area (Å²) in [5.74, 6) is -0.676. The molecule has 0 aliphatic heterocycles. The van der Waals surface area contributed by atoms with Crippen LogP contribution in [0.15, 0.2) is 12.3 Å². The molecule has 4 nitrogen and oxygen atoms in total. The molecule has 0 rings (SSSR count). The number of aliphatic hydroxyl groups excluding tert-OH is 1. The maximum absolute atomic E-state index is 11.1. The molecule has 0 atom stereocenters. The number of carbonyl (C=O) groups is 1. The van der Waals surface area contributed by atoms with E-state index in [1.54, 1.807) is 20.8 Å². The molecule has 13 heavy (non-hydrogen) atoms. The summed E-state index contributed by atoms with van der Waals surface area (Å²) in [6.45, 7) is 8.53. The predicted molar refractivity (Wildman–Crippen MR) is 49.1 cm³/mol. The standard InChI is InChI=1S/C9H16O4/c1-7(12-6-5-10)8(11)13-9(2,3)4/h10H,1,5-6H2,2-4H3/p+1. The number of hydrogen-bond acceptors (Lipinski definition) is 4. The van der Waals surface area contributed by atoms with Gasteiger partial charge in [-0.25, -0.2) is 4.79 Å². The summed E-state index contributed by atoms with van der Waals surface area (Å²) in [6.07, 6.45) is 0.